The average Bonchev–Trinajstić information content (AvgIpc) is 2.41. The van der Waals surface area contributed by atoms with E-state index in [9.17, 15) is 4.79 Å². The number of esters is 1. The molecule has 0 radical (unpaired) electrons. The number of ether oxygens (including phenoxy) is 1. The second-order valence-electron chi connectivity index (χ2n) is 4.84. The molecule has 1 unspecified atom stereocenters. The Balaban J connectivity index is 1.93. The van der Waals surface area contributed by atoms with E-state index in [1.54, 1.807) is 0 Å². The number of carbonyl (C=O) groups is 1. The summed E-state index contributed by atoms with van der Waals surface area (Å²) in [7, 11) is 1.46. The number of hydrogen-bond acceptors (Lipinski definition) is 4. The van der Waals surface area contributed by atoms with Crippen molar-refractivity contribution in [2.45, 2.75) is 19.4 Å². The third-order valence-corrected chi connectivity index (χ3v) is 3.43. The van der Waals surface area contributed by atoms with E-state index in [2.05, 4.69) is 4.90 Å². The van der Waals surface area contributed by atoms with Gasteiger partial charge in [-0.1, -0.05) is 12.1 Å². The third-order valence-electron chi connectivity index (χ3n) is 3.43. The predicted molar refractivity (Wildman–Crippen MR) is 70.9 cm³/mol. The molecule has 1 heterocycles. The van der Waals surface area contributed by atoms with Gasteiger partial charge in [0.15, 0.2) is 0 Å². The Labute approximate surface area is 108 Å². The molecule has 1 aromatic carbocycles. The normalized spacial score (nSPS) is 20.6. The monoisotopic (exact) mass is 248 g/mol. The van der Waals surface area contributed by atoms with Gasteiger partial charge in [-0.3, -0.25) is 9.69 Å². The quantitative estimate of drug-likeness (QED) is 0.653. The topological polar surface area (TPSA) is 55.6 Å². The highest BCUT2D eigenvalue weighted by atomic mass is 16.5. The van der Waals surface area contributed by atoms with E-state index in [0.29, 0.717) is 0 Å². The Morgan fingerprint density at radius 1 is 1.44 bits per heavy atom. The maximum absolute atomic E-state index is 11.5. The summed E-state index contributed by atoms with van der Waals surface area (Å²) in [6.45, 7) is 2.70. The number of anilines is 1. The summed E-state index contributed by atoms with van der Waals surface area (Å²) in [5.41, 5.74) is 7.68. The lowest BCUT2D eigenvalue weighted by molar-refractivity contribution is -0.147. The first kappa shape index (κ1) is 12.9. The average molecular weight is 248 g/mol. The van der Waals surface area contributed by atoms with Crippen molar-refractivity contribution in [2.24, 2.45) is 5.92 Å². The molecule has 0 aliphatic carbocycles. The minimum absolute atomic E-state index is 0.0255. The minimum Gasteiger partial charge on any atom is -0.469 e. The van der Waals surface area contributed by atoms with Crippen molar-refractivity contribution in [3.05, 3.63) is 29.8 Å². The van der Waals surface area contributed by atoms with E-state index in [0.717, 1.165) is 38.2 Å². The molecule has 1 aromatic rings. The van der Waals surface area contributed by atoms with Gasteiger partial charge in [0.2, 0.25) is 0 Å². The van der Waals surface area contributed by atoms with Crippen molar-refractivity contribution in [1.82, 2.24) is 4.90 Å². The SMILES string of the molecule is COC(=O)C1CCCN(Cc2ccc(N)cc2)C1. The Hall–Kier alpha value is -1.55. The van der Waals surface area contributed by atoms with Gasteiger partial charge in [-0.05, 0) is 37.1 Å². The highest BCUT2D eigenvalue weighted by Crippen LogP contribution is 2.19. The van der Waals surface area contributed by atoms with Crippen LogP contribution in [0.1, 0.15) is 18.4 Å². The maximum atomic E-state index is 11.5. The van der Waals surface area contributed by atoms with Crippen LogP contribution >= 0.6 is 0 Å². The molecule has 0 aromatic heterocycles. The Bertz CT molecular complexity index is 403. The van der Waals surface area contributed by atoms with E-state index in [-0.39, 0.29) is 11.9 Å². The lowest BCUT2D eigenvalue weighted by Crippen LogP contribution is -2.38. The van der Waals surface area contributed by atoms with Crippen LogP contribution in [0.3, 0.4) is 0 Å². The summed E-state index contributed by atoms with van der Waals surface area (Å²) in [4.78, 5) is 13.8. The number of nitrogens with zero attached hydrogens (tertiary/aromatic N) is 1. The Morgan fingerprint density at radius 2 is 2.17 bits per heavy atom. The fourth-order valence-electron chi connectivity index (χ4n) is 2.44. The van der Waals surface area contributed by atoms with E-state index in [4.69, 9.17) is 10.5 Å². The van der Waals surface area contributed by atoms with Crippen LogP contribution < -0.4 is 5.73 Å². The molecule has 0 bridgehead atoms. The number of piperidine rings is 1. The largest absolute Gasteiger partial charge is 0.469 e. The molecule has 4 nitrogen and oxygen atoms in total. The lowest BCUT2D eigenvalue weighted by Gasteiger charge is -2.31. The van der Waals surface area contributed by atoms with Gasteiger partial charge in [-0.15, -0.1) is 0 Å². The number of nitrogens with two attached hydrogens (primary N) is 1. The number of nitrogen functional groups attached to an aromatic ring is 1. The van der Waals surface area contributed by atoms with Crippen LogP contribution in [-0.4, -0.2) is 31.1 Å². The van der Waals surface area contributed by atoms with Crippen molar-refractivity contribution in [3.63, 3.8) is 0 Å². The van der Waals surface area contributed by atoms with Gasteiger partial charge in [-0.25, -0.2) is 0 Å². The third kappa shape index (κ3) is 3.23. The van der Waals surface area contributed by atoms with E-state index in [1.165, 1.54) is 12.7 Å². The van der Waals surface area contributed by atoms with Crippen LogP contribution in [-0.2, 0) is 16.1 Å². The lowest BCUT2D eigenvalue weighted by atomic mass is 9.98. The van der Waals surface area contributed by atoms with Crippen molar-refractivity contribution in [3.8, 4) is 0 Å². The summed E-state index contributed by atoms with van der Waals surface area (Å²) in [6.07, 6.45) is 1.99. The molecule has 4 heteroatoms. The number of likely N-dealkylation sites (tertiary alicyclic amines) is 1. The van der Waals surface area contributed by atoms with Crippen LogP contribution in [0.4, 0.5) is 5.69 Å². The number of rotatable bonds is 3. The van der Waals surface area contributed by atoms with Gasteiger partial charge >= 0.3 is 5.97 Å². The van der Waals surface area contributed by atoms with Crippen LogP contribution in [0.2, 0.25) is 0 Å². The van der Waals surface area contributed by atoms with Crippen molar-refractivity contribution < 1.29 is 9.53 Å². The predicted octanol–water partition coefficient (Wildman–Crippen LogP) is 1.65. The first-order valence-corrected chi connectivity index (χ1v) is 6.33. The fraction of sp³-hybridized carbons (Fsp3) is 0.500. The number of benzene rings is 1. The summed E-state index contributed by atoms with van der Waals surface area (Å²) in [5, 5.41) is 0. The minimum atomic E-state index is -0.0861. The molecule has 1 saturated heterocycles. The Morgan fingerprint density at radius 3 is 2.83 bits per heavy atom. The van der Waals surface area contributed by atoms with Crippen molar-refractivity contribution in [2.75, 3.05) is 25.9 Å². The summed E-state index contributed by atoms with van der Waals surface area (Å²) >= 11 is 0. The van der Waals surface area contributed by atoms with E-state index in [1.807, 2.05) is 24.3 Å². The highest BCUT2D eigenvalue weighted by Gasteiger charge is 2.26. The molecule has 18 heavy (non-hydrogen) atoms. The zero-order chi connectivity index (χ0) is 13.0. The summed E-state index contributed by atoms with van der Waals surface area (Å²) in [5.74, 6) is -0.0606. The second kappa shape index (κ2) is 5.87. The number of hydrogen-bond donors (Lipinski definition) is 1. The number of methoxy groups -OCH3 is 1. The zero-order valence-corrected chi connectivity index (χ0v) is 10.8. The molecule has 2 rings (SSSR count). The Kier molecular flexibility index (Phi) is 4.20. The van der Waals surface area contributed by atoms with Crippen LogP contribution in [0.15, 0.2) is 24.3 Å². The van der Waals surface area contributed by atoms with Crippen LogP contribution in [0.25, 0.3) is 0 Å². The fourth-order valence-corrected chi connectivity index (χ4v) is 2.44. The van der Waals surface area contributed by atoms with Crippen LogP contribution in [0, 0.1) is 5.92 Å². The first-order valence-electron chi connectivity index (χ1n) is 6.33. The van der Waals surface area contributed by atoms with Crippen molar-refractivity contribution >= 4 is 11.7 Å². The van der Waals surface area contributed by atoms with Gasteiger partial charge in [0, 0.05) is 18.8 Å². The van der Waals surface area contributed by atoms with Gasteiger partial charge in [0.05, 0.1) is 13.0 Å². The van der Waals surface area contributed by atoms with Crippen molar-refractivity contribution in [1.29, 1.82) is 0 Å². The summed E-state index contributed by atoms with van der Waals surface area (Å²) < 4.78 is 4.82. The maximum Gasteiger partial charge on any atom is 0.309 e. The molecule has 0 spiro atoms. The van der Waals surface area contributed by atoms with E-state index >= 15 is 0 Å². The van der Waals surface area contributed by atoms with Gasteiger partial charge < -0.3 is 10.5 Å². The smallest absolute Gasteiger partial charge is 0.309 e. The second-order valence-corrected chi connectivity index (χ2v) is 4.84. The van der Waals surface area contributed by atoms with Gasteiger partial charge in [-0.2, -0.15) is 0 Å². The standard InChI is InChI=1S/C14H20N2O2/c1-18-14(17)12-3-2-8-16(10-12)9-11-4-6-13(15)7-5-11/h4-7,12H,2-3,8-10,15H2,1H3. The molecule has 2 N–H and O–H groups in total. The molecule has 0 amide bonds. The zero-order valence-electron chi connectivity index (χ0n) is 10.8. The summed E-state index contributed by atoms with van der Waals surface area (Å²) in [6, 6.07) is 7.91. The molecular weight excluding hydrogens is 228 g/mol. The van der Waals surface area contributed by atoms with Crippen LogP contribution in [0.5, 0.6) is 0 Å². The highest BCUT2D eigenvalue weighted by molar-refractivity contribution is 5.72. The van der Waals surface area contributed by atoms with Gasteiger partial charge in [0.25, 0.3) is 0 Å². The van der Waals surface area contributed by atoms with Gasteiger partial charge in [0.1, 0.15) is 0 Å². The number of carbonyl (C=O) groups excluding carboxylic acids is 1. The molecule has 1 aliphatic rings. The van der Waals surface area contributed by atoms with E-state index < -0.39 is 0 Å². The molecule has 1 aliphatic heterocycles. The molecule has 98 valence electrons. The molecule has 1 fully saturated rings. The molecule has 0 saturated carbocycles. The molecular formula is C14H20N2O2. The molecule has 1 atom stereocenters. The first-order chi connectivity index (χ1) is 8.69.